The zero-order chi connectivity index (χ0) is 20.9. The maximum Gasteiger partial charge on any atom is 0.258 e. The molecule has 0 spiro atoms. The van der Waals surface area contributed by atoms with Gasteiger partial charge in [-0.05, 0) is 81.4 Å². The van der Waals surface area contributed by atoms with Crippen LogP contribution >= 0.6 is 0 Å². The molecular formula is C23H26N6O. The van der Waals surface area contributed by atoms with Crippen molar-refractivity contribution in [2.45, 2.75) is 33.1 Å². The van der Waals surface area contributed by atoms with E-state index in [1.165, 1.54) is 18.4 Å². The molecule has 1 aromatic carbocycles. The van der Waals surface area contributed by atoms with Gasteiger partial charge in [-0.1, -0.05) is 18.2 Å². The zero-order valence-electron chi connectivity index (χ0n) is 17.4. The van der Waals surface area contributed by atoms with E-state index < -0.39 is 0 Å². The van der Waals surface area contributed by atoms with Crippen molar-refractivity contribution in [3.63, 3.8) is 0 Å². The van der Waals surface area contributed by atoms with Crippen molar-refractivity contribution < 1.29 is 4.79 Å². The van der Waals surface area contributed by atoms with Gasteiger partial charge in [-0.3, -0.25) is 15.1 Å². The summed E-state index contributed by atoms with van der Waals surface area (Å²) in [5, 5.41) is 6.22. The third-order valence-corrected chi connectivity index (χ3v) is 5.39. The van der Waals surface area contributed by atoms with Crippen LogP contribution in [-0.2, 0) is 6.42 Å². The fourth-order valence-corrected chi connectivity index (χ4v) is 3.84. The second-order valence-electron chi connectivity index (χ2n) is 7.75. The van der Waals surface area contributed by atoms with Crippen LogP contribution < -0.4 is 10.6 Å². The summed E-state index contributed by atoms with van der Waals surface area (Å²) in [6.07, 6.45) is 5.16. The summed E-state index contributed by atoms with van der Waals surface area (Å²) < 4.78 is 0. The highest BCUT2D eigenvalue weighted by molar-refractivity contribution is 6.04. The summed E-state index contributed by atoms with van der Waals surface area (Å²) in [5.41, 5.74) is 3.50. The van der Waals surface area contributed by atoms with Gasteiger partial charge in [0.15, 0.2) is 5.82 Å². The standard InChI is InChI=1S/C23H26N6O/c1-15-13-18(14-17-8-11-24-12-9-17)6-7-19(15)22(30)29-23-27-16(2)26-21(28-23)20-5-3-4-10-25-20/h3-7,10,13,17,24H,8-9,11-12,14H2,1-2H3,(H,26,27,28,29,30). The monoisotopic (exact) mass is 402 g/mol. The molecule has 0 radical (unpaired) electrons. The summed E-state index contributed by atoms with van der Waals surface area (Å²) in [6.45, 7) is 5.93. The van der Waals surface area contributed by atoms with E-state index in [2.05, 4.69) is 42.7 Å². The van der Waals surface area contributed by atoms with Crippen LogP contribution in [0.5, 0.6) is 0 Å². The van der Waals surface area contributed by atoms with Crippen molar-refractivity contribution in [2.24, 2.45) is 5.92 Å². The van der Waals surface area contributed by atoms with E-state index >= 15 is 0 Å². The van der Waals surface area contributed by atoms with Crippen molar-refractivity contribution in [1.29, 1.82) is 0 Å². The Bertz CT molecular complexity index is 1030. The average Bonchev–Trinajstić information content (AvgIpc) is 2.75. The first-order valence-corrected chi connectivity index (χ1v) is 10.3. The summed E-state index contributed by atoms with van der Waals surface area (Å²) in [6, 6.07) is 11.6. The van der Waals surface area contributed by atoms with Crippen LogP contribution in [0.2, 0.25) is 0 Å². The zero-order valence-corrected chi connectivity index (χ0v) is 17.4. The smallest absolute Gasteiger partial charge is 0.258 e. The number of hydrogen-bond donors (Lipinski definition) is 2. The molecule has 1 amide bonds. The SMILES string of the molecule is Cc1nc(NC(=O)c2ccc(CC3CCNCC3)cc2C)nc(-c2ccccn2)n1. The highest BCUT2D eigenvalue weighted by Crippen LogP contribution is 2.21. The van der Waals surface area contributed by atoms with Gasteiger partial charge in [-0.15, -0.1) is 0 Å². The maximum absolute atomic E-state index is 12.9. The van der Waals surface area contributed by atoms with Gasteiger partial charge in [0.1, 0.15) is 11.5 Å². The number of amides is 1. The first-order chi connectivity index (χ1) is 14.6. The first kappa shape index (κ1) is 20.1. The Hall–Kier alpha value is -3.19. The summed E-state index contributed by atoms with van der Waals surface area (Å²) in [4.78, 5) is 30.1. The van der Waals surface area contributed by atoms with Gasteiger partial charge in [0.2, 0.25) is 5.95 Å². The van der Waals surface area contributed by atoms with Crippen LogP contribution in [0.25, 0.3) is 11.5 Å². The van der Waals surface area contributed by atoms with E-state index in [1.807, 2.05) is 31.2 Å². The van der Waals surface area contributed by atoms with E-state index in [0.29, 0.717) is 28.8 Å². The molecule has 4 rings (SSSR count). The van der Waals surface area contributed by atoms with Gasteiger partial charge in [0, 0.05) is 11.8 Å². The fraction of sp³-hybridized carbons (Fsp3) is 0.348. The van der Waals surface area contributed by atoms with Crippen molar-refractivity contribution >= 4 is 11.9 Å². The second-order valence-corrected chi connectivity index (χ2v) is 7.75. The van der Waals surface area contributed by atoms with E-state index in [9.17, 15) is 4.79 Å². The van der Waals surface area contributed by atoms with E-state index in [1.54, 1.807) is 13.1 Å². The fourth-order valence-electron chi connectivity index (χ4n) is 3.84. The Kier molecular flexibility index (Phi) is 6.09. The number of benzene rings is 1. The molecular weight excluding hydrogens is 376 g/mol. The molecule has 154 valence electrons. The molecule has 0 bridgehead atoms. The van der Waals surface area contributed by atoms with E-state index in [-0.39, 0.29) is 11.9 Å². The van der Waals surface area contributed by atoms with Gasteiger partial charge < -0.3 is 5.32 Å². The molecule has 2 N–H and O–H groups in total. The summed E-state index contributed by atoms with van der Waals surface area (Å²) in [5.74, 6) is 1.68. The molecule has 0 aliphatic carbocycles. The number of carbonyl (C=O) groups is 1. The van der Waals surface area contributed by atoms with Crippen molar-refractivity contribution in [2.75, 3.05) is 18.4 Å². The van der Waals surface area contributed by atoms with Gasteiger partial charge in [-0.25, -0.2) is 4.98 Å². The van der Waals surface area contributed by atoms with Gasteiger partial charge in [0.25, 0.3) is 5.91 Å². The predicted molar refractivity (Wildman–Crippen MR) is 116 cm³/mol. The van der Waals surface area contributed by atoms with Crippen molar-refractivity contribution in [3.8, 4) is 11.5 Å². The Labute approximate surface area is 176 Å². The minimum Gasteiger partial charge on any atom is -0.317 e. The lowest BCUT2D eigenvalue weighted by Gasteiger charge is -2.22. The minimum absolute atomic E-state index is 0.224. The van der Waals surface area contributed by atoms with Gasteiger partial charge in [0.05, 0.1) is 0 Å². The predicted octanol–water partition coefficient (Wildman–Crippen LogP) is 3.34. The molecule has 0 unspecified atom stereocenters. The molecule has 1 fully saturated rings. The van der Waals surface area contributed by atoms with Crippen LogP contribution in [0.1, 0.15) is 40.2 Å². The number of carbonyl (C=O) groups excluding carboxylic acids is 1. The summed E-state index contributed by atoms with van der Waals surface area (Å²) in [7, 11) is 0. The molecule has 1 aliphatic heterocycles. The van der Waals surface area contributed by atoms with Crippen LogP contribution in [0.15, 0.2) is 42.6 Å². The van der Waals surface area contributed by atoms with Crippen molar-refractivity contribution in [1.82, 2.24) is 25.3 Å². The van der Waals surface area contributed by atoms with E-state index in [4.69, 9.17) is 0 Å². The third-order valence-electron chi connectivity index (χ3n) is 5.39. The molecule has 0 atom stereocenters. The Morgan fingerprint density at radius 1 is 1.10 bits per heavy atom. The van der Waals surface area contributed by atoms with Gasteiger partial charge in [-0.2, -0.15) is 9.97 Å². The largest absolute Gasteiger partial charge is 0.317 e. The molecule has 2 aromatic heterocycles. The normalized spacial score (nSPS) is 14.5. The third kappa shape index (κ3) is 4.86. The number of aromatic nitrogens is 4. The highest BCUT2D eigenvalue weighted by Gasteiger charge is 2.16. The number of pyridine rings is 1. The maximum atomic E-state index is 12.9. The average molecular weight is 403 g/mol. The van der Waals surface area contributed by atoms with Gasteiger partial charge >= 0.3 is 0 Å². The molecule has 30 heavy (non-hydrogen) atoms. The first-order valence-electron chi connectivity index (χ1n) is 10.3. The van der Waals surface area contributed by atoms with Crippen molar-refractivity contribution in [3.05, 3.63) is 65.1 Å². The quantitative estimate of drug-likeness (QED) is 0.680. The van der Waals surface area contributed by atoms with E-state index in [0.717, 1.165) is 25.1 Å². The Balaban J connectivity index is 1.49. The van der Waals surface area contributed by atoms with Crippen LogP contribution in [0, 0.1) is 19.8 Å². The molecule has 3 aromatic rings. The van der Waals surface area contributed by atoms with Crippen LogP contribution in [-0.4, -0.2) is 38.9 Å². The van der Waals surface area contributed by atoms with Crippen LogP contribution in [0.3, 0.4) is 0 Å². The Morgan fingerprint density at radius 2 is 1.93 bits per heavy atom. The lowest BCUT2D eigenvalue weighted by atomic mass is 9.90. The lowest BCUT2D eigenvalue weighted by molar-refractivity contribution is 0.102. The molecule has 7 heteroatoms. The molecule has 1 saturated heterocycles. The molecule has 7 nitrogen and oxygen atoms in total. The minimum atomic E-state index is -0.224. The number of nitrogens with one attached hydrogen (secondary N) is 2. The number of hydrogen-bond acceptors (Lipinski definition) is 6. The summed E-state index contributed by atoms with van der Waals surface area (Å²) >= 11 is 0. The number of nitrogens with zero attached hydrogens (tertiary/aromatic N) is 4. The molecule has 3 heterocycles. The molecule has 1 aliphatic rings. The Morgan fingerprint density at radius 3 is 2.67 bits per heavy atom. The number of anilines is 1. The number of aryl methyl sites for hydroxylation is 2. The lowest BCUT2D eigenvalue weighted by Crippen LogP contribution is -2.28. The number of piperidine rings is 1. The van der Waals surface area contributed by atoms with Crippen LogP contribution in [0.4, 0.5) is 5.95 Å². The molecule has 0 saturated carbocycles. The number of rotatable bonds is 5. The highest BCUT2D eigenvalue weighted by atomic mass is 16.1. The topological polar surface area (TPSA) is 92.7 Å². The second kappa shape index (κ2) is 9.09.